The molecule has 3 heteroatoms. The van der Waals surface area contributed by atoms with Gasteiger partial charge in [-0.25, -0.2) is 0 Å². The first-order valence-electron chi connectivity index (χ1n) is 8.27. The van der Waals surface area contributed by atoms with Gasteiger partial charge in [0.15, 0.2) is 0 Å². The predicted molar refractivity (Wildman–Crippen MR) is 83.4 cm³/mol. The van der Waals surface area contributed by atoms with Gasteiger partial charge in [0, 0.05) is 29.7 Å². The van der Waals surface area contributed by atoms with Crippen LogP contribution in [0.1, 0.15) is 62.0 Å². The highest BCUT2D eigenvalue weighted by Crippen LogP contribution is 2.40. The van der Waals surface area contributed by atoms with Gasteiger partial charge in [-0.2, -0.15) is 0 Å². The van der Waals surface area contributed by atoms with Crippen molar-refractivity contribution in [3.8, 4) is 0 Å². The largest absolute Gasteiger partial charge is 0.373 e. The lowest BCUT2D eigenvalue weighted by Crippen LogP contribution is -2.17. The molecule has 1 N–H and O–H groups in total. The Balaban J connectivity index is 1.79. The molecule has 21 heavy (non-hydrogen) atoms. The van der Waals surface area contributed by atoms with E-state index < -0.39 is 0 Å². The van der Waals surface area contributed by atoms with Gasteiger partial charge in [0.1, 0.15) is 0 Å². The first-order valence-corrected chi connectivity index (χ1v) is 8.27. The highest BCUT2D eigenvalue weighted by atomic mass is 16.5. The Morgan fingerprint density at radius 1 is 0.857 bits per heavy atom. The molecule has 0 radical (unpaired) electrons. The molecule has 0 spiro atoms. The Morgan fingerprint density at radius 2 is 1.57 bits per heavy atom. The summed E-state index contributed by atoms with van der Waals surface area (Å²) in [4.78, 5) is 3.63. The lowest BCUT2D eigenvalue weighted by atomic mass is 9.94. The monoisotopic (exact) mass is 285 g/mol. The van der Waals surface area contributed by atoms with E-state index in [1.54, 1.807) is 0 Å². The first-order chi connectivity index (χ1) is 10.4. The average Bonchev–Trinajstić information content (AvgIpc) is 2.96. The van der Waals surface area contributed by atoms with Crippen molar-refractivity contribution in [2.45, 2.75) is 50.7 Å². The topological polar surface area (TPSA) is 34.2 Å². The van der Waals surface area contributed by atoms with Crippen LogP contribution in [0.5, 0.6) is 0 Å². The Labute approximate surface area is 125 Å². The van der Waals surface area contributed by atoms with Crippen LogP contribution in [-0.4, -0.2) is 18.2 Å². The number of aromatic amines is 1. The van der Waals surface area contributed by atoms with Crippen LogP contribution in [0.15, 0.2) is 24.3 Å². The van der Waals surface area contributed by atoms with Crippen molar-refractivity contribution in [3.63, 3.8) is 0 Å². The number of rotatable bonds is 2. The molecule has 2 aliphatic rings. The normalized spacial score (nSPS) is 27.0. The minimum atomic E-state index is 0.215. The number of benzene rings is 1. The maximum absolute atomic E-state index is 6.09. The summed E-state index contributed by atoms with van der Waals surface area (Å²) in [5, 5.41) is 1.31. The summed E-state index contributed by atoms with van der Waals surface area (Å²) in [5.41, 5.74) is 3.84. The maximum atomic E-state index is 6.09. The van der Waals surface area contributed by atoms with E-state index in [2.05, 4.69) is 29.2 Å². The molecule has 1 aromatic heterocycles. The van der Waals surface area contributed by atoms with Crippen LogP contribution >= 0.6 is 0 Å². The number of para-hydroxylation sites is 1. The fraction of sp³-hybridized carbons (Fsp3) is 0.556. The standard InChI is InChI=1S/C18H23NO2/c1-2-8-14-13(7-1)17(15-9-3-5-11-20-15)18(19-14)16-10-4-6-12-21-16/h1-2,7-8,15-16,19H,3-6,9-12H2/t15-,16+/m1/s1. The van der Waals surface area contributed by atoms with E-state index in [1.165, 1.54) is 47.8 Å². The molecule has 0 saturated carbocycles. The van der Waals surface area contributed by atoms with E-state index in [-0.39, 0.29) is 12.2 Å². The lowest BCUT2D eigenvalue weighted by molar-refractivity contribution is -0.00126. The van der Waals surface area contributed by atoms with Crippen molar-refractivity contribution in [2.24, 2.45) is 0 Å². The van der Waals surface area contributed by atoms with E-state index in [0.717, 1.165) is 26.1 Å². The Morgan fingerprint density at radius 3 is 2.29 bits per heavy atom. The summed E-state index contributed by atoms with van der Waals surface area (Å²) in [6, 6.07) is 8.59. The first kappa shape index (κ1) is 13.4. The molecule has 2 aromatic rings. The lowest BCUT2D eigenvalue weighted by Gasteiger charge is -2.27. The van der Waals surface area contributed by atoms with Gasteiger partial charge < -0.3 is 14.5 Å². The summed E-state index contributed by atoms with van der Waals surface area (Å²) >= 11 is 0. The summed E-state index contributed by atoms with van der Waals surface area (Å²) in [7, 11) is 0. The van der Waals surface area contributed by atoms with E-state index in [4.69, 9.17) is 9.47 Å². The van der Waals surface area contributed by atoms with Crippen LogP contribution in [0.3, 0.4) is 0 Å². The van der Waals surface area contributed by atoms with Gasteiger partial charge in [-0.1, -0.05) is 18.2 Å². The zero-order valence-corrected chi connectivity index (χ0v) is 12.4. The molecule has 0 aliphatic carbocycles. The zero-order chi connectivity index (χ0) is 14.1. The van der Waals surface area contributed by atoms with Crippen molar-refractivity contribution in [2.75, 3.05) is 13.2 Å². The molecule has 2 atom stereocenters. The van der Waals surface area contributed by atoms with Crippen LogP contribution in [-0.2, 0) is 9.47 Å². The smallest absolute Gasteiger partial charge is 0.0976 e. The van der Waals surface area contributed by atoms with Gasteiger partial charge in [0.05, 0.1) is 17.9 Å². The highest BCUT2D eigenvalue weighted by Gasteiger charge is 2.28. The fourth-order valence-electron chi connectivity index (χ4n) is 3.72. The average molecular weight is 285 g/mol. The molecule has 0 bridgehead atoms. The number of H-pyrrole nitrogens is 1. The number of fused-ring (bicyclic) bond motifs is 1. The van der Waals surface area contributed by atoms with Crippen LogP contribution in [0.25, 0.3) is 10.9 Å². The number of hydrogen-bond donors (Lipinski definition) is 1. The molecule has 1 aromatic carbocycles. The third-order valence-electron chi connectivity index (χ3n) is 4.78. The molecule has 2 fully saturated rings. The van der Waals surface area contributed by atoms with Crippen molar-refractivity contribution in [3.05, 3.63) is 35.5 Å². The quantitative estimate of drug-likeness (QED) is 0.871. The second-order valence-corrected chi connectivity index (χ2v) is 6.21. The van der Waals surface area contributed by atoms with E-state index in [1.807, 2.05) is 0 Å². The van der Waals surface area contributed by atoms with E-state index >= 15 is 0 Å². The fourth-order valence-corrected chi connectivity index (χ4v) is 3.72. The molecule has 3 nitrogen and oxygen atoms in total. The molecule has 112 valence electrons. The third kappa shape index (κ3) is 2.49. The number of hydrogen-bond acceptors (Lipinski definition) is 2. The number of aromatic nitrogens is 1. The second kappa shape index (κ2) is 5.82. The summed E-state index contributed by atoms with van der Waals surface area (Å²) in [6.07, 6.45) is 7.58. The summed E-state index contributed by atoms with van der Waals surface area (Å²) < 4.78 is 12.1. The van der Waals surface area contributed by atoms with Crippen LogP contribution in [0, 0.1) is 0 Å². The van der Waals surface area contributed by atoms with Gasteiger partial charge in [0.25, 0.3) is 0 Å². The van der Waals surface area contributed by atoms with Gasteiger partial charge in [-0.3, -0.25) is 0 Å². The molecule has 3 heterocycles. The maximum Gasteiger partial charge on any atom is 0.0976 e. The molecular weight excluding hydrogens is 262 g/mol. The van der Waals surface area contributed by atoms with Crippen LogP contribution in [0.4, 0.5) is 0 Å². The van der Waals surface area contributed by atoms with Crippen molar-refractivity contribution < 1.29 is 9.47 Å². The molecule has 0 unspecified atom stereocenters. The zero-order valence-electron chi connectivity index (χ0n) is 12.4. The molecule has 4 rings (SSSR count). The number of ether oxygens (including phenoxy) is 2. The van der Waals surface area contributed by atoms with Gasteiger partial charge in [0.2, 0.25) is 0 Å². The van der Waals surface area contributed by atoms with E-state index in [9.17, 15) is 0 Å². The Bertz CT molecular complexity index is 607. The summed E-state index contributed by atoms with van der Waals surface area (Å²) in [5.74, 6) is 0. The Kier molecular flexibility index (Phi) is 3.70. The van der Waals surface area contributed by atoms with Crippen molar-refractivity contribution >= 4 is 10.9 Å². The summed E-state index contributed by atoms with van der Waals surface area (Å²) in [6.45, 7) is 1.76. The van der Waals surface area contributed by atoms with Crippen LogP contribution < -0.4 is 0 Å². The minimum Gasteiger partial charge on any atom is -0.373 e. The molecule has 2 saturated heterocycles. The molecule has 0 amide bonds. The minimum absolute atomic E-state index is 0.215. The number of nitrogens with one attached hydrogen (secondary N) is 1. The van der Waals surface area contributed by atoms with Gasteiger partial charge >= 0.3 is 0 Å². The SMILES string of the molecule is c1ccc2c([C@H]3CCCCO3)c([C@@H]3CCCCO3)[nH]c2c1. The third-order valence-corrected chi connectivity index (χ3v) is 4.78. The predicted octanol–water partition coefficient (Wildman–Crippen LogP) is 4.65. The second-order valence-electron chi connectivity index (χ2n) is 6.21. The van der Waals surface area contributed by atoms with Gasteiger partial charge in [-0.05, 0) is 44.6 Å². The Hall–Kier alpha value is -1.32. The van der Waals surface area contributed by atoms with E-state index in [0.29, 0.717) is 0 Å². The van der Waals surface area contributed by atoms with Crippen molar-refractivity contribution in [1.29, 1.82) is 0 Å². The molecular formula is C18H23NO2. The van der Waals surface area contributed by atoms with Crippen molar-refractivity contribution in [1.82, 2.24) is 4.98 Å². The van der Waals surface area contributed by atoms with Crippen LogP contribution in [0.2, 0.25) is 0 Å². The van der Waals surface area contributed by atoms with Gasteiger partial charge in [-0.15, -0.1) is 0 Å². The highest BCUT2D eigenvalue weighted by molar-refractivity contribution is 5.85. The molecule has 2 aliphatic heterocycles.